The highest BCUT2D eigenvalue weighted by atomic mass is 16.7. The van der Waals surface area contributed by atoms with Gasteiger partial charge in [0.15, 0.2) is 0 Å². The number of ether oxygens (including phenoxy) is 3. The standard InChI is InChI=1S/C9H20O3/c1-4-9(12-6-3)7-11-8-10-5-2/h9H,4-8H2,1-3H3. The zero-order chi connectivity index (χ0) is 9.23. The van der Waals surface area contributed by atoms with Gasteiger partial charge >= 0.3 is 0 Å². The van der Waals surface area contributed by atoms with E-state index in [1.807, 2.05) is 13.8 Å². The van der Waals surface area contributed by atoms with Crippen molar-refractivity contribution in [2.45, 2.75) is 33.3 Å². The van der Waals surface area contributed by atoms with Crippen molar-refractivity contribution >= 4 is 0 Å². The van der Waals surface area contributed by atoms with E-state index in [4.69, 9.17) is 14.2 Å². The van der Waals surface area contributed by atoms with E-state index in [2.05, 4.69) is 6.92 Å². The van der Waals surface area contributed by atoms with E-state index in [1.165, 1.54) is 0 Å². The Morgan fingerprint density at radius 1 is 1.00 bits per heavy atom. The molecule has 1 atom stereocenters. The molecule has 0 heterocycles. The molecule has 0 aliphatic rings. The van der Waals surface area contributed by atoms with E-state index in [1.54, 1.807) is 0 Å². The van der Waals surface area contributed by atoms with Crippen LogP contribution in [0.25, 0.3) is 0 Å². The van der Waals surface area contributed by atoms with Crippen LogP contribution in [0.4, 0.5) is 0 Å². The topological polar surface area (TPSA) is 27.7 Å². The van der Waals surface area contributed by atoms with E-state index < -0.39 is 0 Å². The quantitative estimate of drug-likeness (QED) is 0.417. The molecule has 1 unspecified atom stereocenters. The van der Waals surface area contributed by atoms with E-state index in [-0.39, 0.29) is 6.10 Å². The Balaban J connectivity index is 3.19. The predicted molar refractivity (Wildman–Crippen MR) is 48.2 cm³/mol. The summed E-state index contributed by atoms with van der Waals surface area (Å²) in [7, 11) is 0. The van der Waals surface area contributed by atoms with Crippen LogP contribution in [0.1, 0.15) is 27.2 Å². The molecule has 0 bridgehead atoms. The lowest BCUT2D eigenvalue weighted by molar-refractivity contribution is -0.0889. The van der Waals surface area contributed by atoms with Crippen molar-refractivity contribution in [2.75, 3.05) is 26.6 Å². The van der Waals surface area contributed by atoms with Crippen LogP contribution in [0.15, 0.2) is 0 Å². The van der Waals surface area contributed by atoms with Crippen molar-refractivity contribution in [1.29, 1.82) is 0 Å². The van der Waals surface area contributed by atoms with Gasteiger partial charge in [0.05, 0.1) is 12.7 Å². The highest BCUT2D eigenvalue weighted by Gasteiger charge is 2.04. The van der Waals surface area contributed by atoms with E-state index in [0.717, 1.165) is 13.0 Å². The maximum Gasteiger partial charge on any atom is 0.146 e. The van der Waals surface area contributed by atoms with Crippen LogP contribution in [0.5, 0.6) is 0 Å². The summed E-state index contributed by atoms with van der Waals surface area (Å²) in [6.45, 7) is 8.48. The first-order valence-corrected chi connectivity index (χ1v) is 4.62. The van der Waals surface area contributed by atoms with Gasteiger partial charge in [0.2, 0.25) is 0 Å². The highest BCUT2D eigenvalue weighted by Crippen LogP contribution is 1.98. The molecular weight excluding hydrogens is 156 g/mol. The molecule has 0 aromatic rings. The molecule has 0 aliphatic heterocycles. The summed E-state index contributed by atoms with van der Waals surface area (Å²) in [5.41, 5.74) is 0. The molecule has 3 nitrogen and oxygen atoms in total. The molecule has 0 radical (unpaired) electrons. The number of rotatable bonds is 8. The van der Waals surface area contributed by atoms with Crippen LogP contribution in [0, 0.1) is 0 Å². The SMILES string of the molecule is CCOCOCC(CC)OCC. The number of hydrogen-bond donors (Lipinski definition) is 0. The molecule has 12 heavy (non-hydrogen) atoms. The van der Waals surface area contributed by atoms with Crippen molar-refractivity contribution < 1.29 is 14.2 Å². The minimum Gasteiger partial charge on any atom is -0.376 e. The lowest BCUT2D eigenvalue weighted by atomic mass is 10.3. The summed E-state index contributed by atoms with van der Waals surface area (Å²) in [6, 6.07) is 0. The molecule has 0 saturated carbocycles. The van der Waals surface area contributed by atoms with Gasteiger partial charge in [0.1, 0.15) is 6.79 Å². The Bertz CT molecular complexity index is 85.8. The van der Waals surface area contributed by atoms with Crippen molar-refractivity contribution in [3.8, 4) is 0 Å². The third kappa shape index (κ3) is 6.58. The molecule has 0 aromatic heterocycles. The normalized spacial score (nSPS) is 13.2. The van der Waals surface area contributed by atoms with E-state index in [0.29, 0.717) is 20.0 Å². The van der Waals surface area contributed by atoms with Gasteiger partial charge in [-0.1, -0.05) is 6.92 Å². The molecule has 0 rings (SSSR count). The fourth-order valence-corrected chi connectivity index (χ4v) is 0.841. The van der Waals surface area contributed by atoms with E-state index >= 15 is 0 Å². The summed E-state index contributed by atoms with van der Waals surface area (Å²) in [4.78, 5) is 0. The van der Waals surface area contributed by atoms with Crippen LogP contribution >= 0.6 is 0 Å². The second-order valence-electron chi connectivity index (χ2n) is 2.47. The molecule has 0 aliphatic carbocycles. The zero-order valence-corrected chi connectivity index (χ0v) is 8.34. The maximum atomic E-state index is 5.39. The molecule has 0 amide bonds. The molecule has 0 aromatic carbocycles. The van der Waals surface area contributed by atoms with Gasteiger partial charge in [0.25, 0.3) is 0 Å². The first-order valence-electron chi connectivity index (χ1n) is 4.62. The maximum absolute atomic E-state index is 5.39. The largest absolute Gasteiger partial charge is 0.376 e. The van der Waals surface area contributed by atoms with Gasteiger partial charge in [-0.05, 0) is 20.3 Å². The molecule has 3 heteroatoms. The van der Waals surface area contributed by atoms with Gasteiger partial charge in [-0.3, -0.25) is 0 Å². The van der Waals surface area contributed by atoms with Crippen molar-refractivity contribution in [3.63, 3.8) is 0 Å². The second kappa shape index (κ2) is 8.97. The van der Waals surface area contributed by atoms with E-state index in [9.17, 15) is 0 Å². The van der Waals surface area contributed by atoms with Gasteiger partial charge in [-0.25, -0.2) is 0 Å². The van der Waals surface area contributed by atoms with Crippen molar-refractivity contribution in [2.24, 2.45) is 0 Å². The Labute approximate surface area is 75.0 Å². The summed E-state index contributed by atoms with van der Waals surface area (Å²) >= 11 is 0. The Morgan fingerprint density at radius 3 is 2.25 bits per heavy atom. The van der Waals surface area contributed by atoms with Gasteiger partial charge in [-0.2, -0.15) is 0 Å². The average molecular weight is 176 g/mol. The van der Waals surface area contributed by atoms with Gasteiger partial charge in [-0.15, -0.1) is 0 Å². The van der Waals surface area contributed by atoms with Gasteiger partial charge in [0, 0.05) is 13.2 Å². The molecule has 0 fully saturated rings. The zero-order valence-electron chi connectivity index (χ0n) is 8.34. The molecule has 0 saturated heterocycles. The van der Waals surface area contributed by atoms with Crippen LogP contribution < -0.4 is 0 Å². The lowest BCUT2D eigenvalue weighted by Crippen LogP contribution is -2.19. The summed E-state index contributed by atoms with van der Waals surface area (Å²) in [5, 5.41) is 0. The first kappa shape index (κ1) is 11.9. The minimum absolute atomic E-state index is 0.218. The summed E-state index contributed by atoms with van der Waals surface area (Å²) in [5.74, 6) is 0. The van der Waals surface area contributed by atoms with Crippen molar-refractivity contribution in [1.82, 2.24) is 0 Å². The molecular formula is C9H20O3. The Morgan fingerprint density at radius 2 is 1.75 bits per heavy atom. The Kier molecular flexibility index (Phi) is 8.88. The number of hydrogen-bond acceptors (Lipinski definition) is 3. The summed E-state index contributed by atoms with van der Waals surface area (Å²) < 4.78 is 15.7. The first-order chi connectivity index (χ1) is 5.85. The van der Waals surface area contributed by atoms with Crippen molar-refractivity contribution in [3.05, 3.63) is 0 Å². The minimum atomic E-state index is 0.218. The predicted octanol–water partition coefficient (Wildman–Crippen LogP) is 1.81. The highest BCUT2D eigenvalue weighted by molar-refractivity contribution is 4.51. The molecule has 74 valence electrons. The average Bonchev–Trinajstić information content (AvgIpc) is 2.10. The van der Waals surface area contributed by atoms with Crippen LogP contribution in [0.3, 0.4) is 0 Å². The second-order valence-corrected chi connectivity index (χ2v) is 2.47. The van der Waals surface area contributed by atoms with Gasteiger partial charge < -0.3 is 14.2 Å². The molecule has 0 spiro atoms. The lowest BCUT2D eigenvalue weighted by Gasteiger charge is -2.14. The summed E-state index contributed by atoms with van der Waals surface area (Å²) in [6.07, 6.45) is 1.20. The fourth-order valence-electron chi connectivity index (χ4n) is 0.841. The van der Waals surface area contributed by atoms with Crippen LogP contribution in [-0.2, 0) is 14.2 Å². The third-order valence-electron chi connectivity index (χ3n) is 1.53. The third-order valence-corrected chi connectivity index (χ3v) is 1.53. The smallest absolute Gasteiger partial charge is 0.146 e. The van der Waals surface area contributed by atoms with Crippen LogP contribution in [0.2, 0.25) is 0 Å². The fraction of sp³-hybridized carbons (Fsp3) is 1.00. The molecule has 0 N–H and O–H groups in total. The Hall–Kier alpha value is -0.120. The van der Waals surface area contributed by atoms with Crippen LogP contribution in [-0.4, -0.2) is 32.7 Å². The monoisotopic (exact) mass is 176 g/mol.